The van der Waals surface area contributed by atoms with Gasteiger partial charge in [-0.25, -0.2) is 9.69 Å². The van der Waals surface area contributed by atoms with Crippen LogP contribution in [0.3, 0.4) is 0 Å². The van der Waals surface area contributed by atoms with E-state index in [-0.39, 0.29) is 30.0 Å². The fraction of sp³-hybridized carbons (Fsp3) is 0.417. The quantitative estimate of drug-likeness (QED) is 0.652. The molecule has 106 valence electrons. The van der Waals surface area contributed by atoms with E-state index >= 15 is 0 Å². The van der Waals surface area contributed by atoms with Gasteiger partial charge in [-0.1, -0.05) is 12.0 Å². The first-order valence-corrected chi connectivity index (χ1v) is 6.12. The summed E-state index contributed by atoms with van der Waals surface area (Å²) in [6.45, 7) is 1.74. The van der Waals surface area contributed by atoms with Crippen LogP contribution >= 0.6 is 0 Å². The molecular weight excluding hydrogens is 268 g/mol. The van der Waals surface area contributed by atoms with Crippen LogP contribution in [0.4, 0.5) is 0 Å². The van der Waals surface area contributed by atoms with E-state index < -0.39 is 29.6 Å². The molecule has 0 atom stereocenters. The van der Waals surface area contributed by atoms with Gasteiger partial charge in [0.05, 0.1) is 0 Å². The number of hydroxylamine groups is 2. The second-order valence-electron chi connectivity index (χ2n) is 4.30. The molecule has 20 heavy (non-hydrogen) atoms. The Morgan fingerprint density at radius 3 is 2.35 bits per heavy atom. The zero-order valence-electron chi connectivity index (χ0n) is 10.7. The number of likely N-dealkylation sites (tertiary alicyclic amines) is 1. The van der Waals surface area contributed by atoms with Crippen LogP contribution < -0.4 is 0 Å². The molecule has 8 nitrogen and oxygen atoms in total. The summed E-state index contributed by atoms with van der Waals surface area (Å²) in [5, 5.41) is 0.270. The molecule has 0 aromatic carbocycles. The summed E-state index contributed by atoms with van der Waals surface area (Å²) in [4.78, 5) is 63.2. The molecule has 1 saturated heterocycles. The van der Waals surface area contributed by atoms with Gasteiger partial charge in [0.25, 0.3) is 5.91 Å². The van der Waals surface area contributed by atoms with E-state index in [2.05, 4.69) is 4.84 Å². The van der Waals surface area contributed by atoms with Crippen molar-refractivity contribution in [1.82, 2.24) is 9.96 Å². The first kappa shape index (κ1) is 13.9. The highest BCUT2D eigenvalue weighted by Crippen LogP contribution is 2.24. The Morgan fingerprint density at radius 1 is 1.20 bits per heavy atom. The van der Waals surface area contributed by atoms with Crippen molar-refractivity contribution < 1.29 is 28.8 Å². The summed E-state index contributed by atoms with van der Waals surface area (Å²) >= 11 is 0. The van der Waals surface area contributed by atoms with E-state index in [9.17, 15) is 24.0 Å². The lowest BCUT2D eigenvalue weighted by Crippen LogP contribution is -2.38. The lowest BCUT2D eigenvalue weighted by molar-refractivity contribution is -0.197. The molecule has 0 aliphatic carbocycles. The molecule has 0 aromatic heterocycles. The van der Waals surface area contributed by atoms with E-state index in [0.29, 0.717) is 11.3 Å². The van der Waals surface area contributed by atoms with Crippen LogP contribution in [0.1, 0.15) is 32.6 Å². The Labute approximate surface area is 113 Å². The first-order valence-electron chi connectivity index (χ1n) is 6.12. The number of hydrogen-bond donors (Lipinski definition) is 0. The Morgan fingerprint density at radius 2 is 1.80 bits per heavy atom. The molecule has 0 spiro atoms. The van der Waals surface area contributed by atoms with Crippen molar-refractivity contribution in [3.05, 3.63) is 11.8 Å². The van der Waals surface area contributed by atoms with Crippen LogP contribution in [0.25, 0.3) is 0 Å². The minimum absolute atomic E-state index is 0.00668. The van der Waals surface area contributed by atoms with E-state index in [4.69, 9.17) is 0 Å². The Bertz CT molecular complexity index is 534. The van der Waals surface area contributed by atoms with Crippen molar-refractivity contribution in [3.63, 3.8) is 0 Å². The number of amides is 4. The summed E-state index contributed by atoms with van der Waals surface area (Å²) in [5.41, 5.74) is -0.369. The summed E-state index contributed by atoms with van der Waals surface area (Å²) in [6, 6.07) is 0. The summed E-state index contributed by atoms with van der Waals surface area (Å²) in [7, 11) is 0. The van der Waals surface area contributed by atoms with E-state index in [1.54, 1.807) is 6.92 Å². The van der Waals surface area contributed by atoms with E-state index in [0.717, 1.165) is 6.08 Å². The van der Waals surface area contributed by atoms with Gasteiger partial charge in [-0.15, -0.1) is 0 Å². The normalized spacial score (nSPS) is 18.9. The molecule has 1 fully saturated rings. The molecule has 0 aromatic rings. The number of imide groups is 2. The number of carbonyl (C=O) groups is 5. The zero-order chi connectivity index (χ0) is 14.9. The third kappa shape index (κ3) is 2.31. The fourth-order valence-corrected chi connectivity index (χ4v) is 1.88. The van der Waals surface area contributed by atoms with Crippen molar-refractivity contribution in [2.75, 3.05) is 0 Å². The van der Waals surface area contributed by atoms with Crippen molar-refractivity contribution >= 4 is 29.6 Å². The van der Waals surface area contributed by atoms with Gasteiger partial charge >= 0.3 is 11.9 Å². The van der Waals surface area contributed by atoms with Gasteiger partial charge in [0, 0.05) is 25.3 Å². The van der Waals surface area contributed by atoms with Gasteiger partial charge < -0.3 is 4.84 Å². The van der Waals surface area contributed by atoms with Crippen LogP contribution in [0, 0.1) is 0 Å². The molecule has 0 N–H and O–H groups in total. The standard InChI is InChI=1S/C12H12N2O6/c1-2-3-11(18)20-14-10(17)6-7(12(14)19)13-8(15)4-5-9(13)16/h6H,2-5H2,1H3. The second-order valence-corrected chi connectivity index (χ2v) is 4.30. The minimum atomic E-state index is -0.983. The smallest absolute Gasteiger partial charge is 0.330 e. The number of nitrogens with zero attached hydrogens (tertiary/aromatic N) is 2. The van der Waals surface area contributed by atoms with Crippen LogP contribution in [-0.2, 0) is 28.8 Å². The molecule has 0 saturated carbocycles. The lowest BCUT2D eigenvalue weighted by atomic mass is 10.3. The molecule has 2 aliphatic heterocycles. The second kappa shape index (κ2) is 5.24. The Balaban J connectivity index is 2.15. The van der Waals surface area contributed by atoms with Crippen LogP contribution in [-0.4, -0.2) is 39.6 Å². The number of rotatable bonds is 4. The Kier molecular flexibility index (Phi) is 3.64. The van der Waals surface area contributed by atoms with Gasteiger partial charge in [-0.05, 0) is 6.42 Å². The van der Waals surface area contributed by atoms with Crippen LogP contribution in [0.5, 0.6) is 0 Å². The van der Waals surface area contributed by atoms with Gasteiger partial charge in [-0.2, -0.15) is 0 Å². The fourth-order valence-electron chi connectivity index (χ4n) is 1.88. The summed E-state index contributed by atoms with van der Waals surface area (Å²) in [6.07, 6.45) is 1.36. The average Bonchev–Trinajstić information content (AvgIpc) is 2.84. The van der Waals surface area contributed by atoms with Gasteiger partial charge in [0.15, 0.2) is 0 Å². The minimum Gasteiger partial charge on any atom is -0.330 e. The predicted octanol–water partition coefficient (Wildman–Crippen LogP) is -0.354. The average molecular weight is 280 g/mol. The molecule has 0 unspecified atom stereocenters. The van der Waals surface area contributed by atoms with Crippen molar-refractivity contribution in [2.45, 2.75) is 32.6 Å². The third-order valence-electron chi connectivity index (χ3n) is 2.80. The highest BCUT2D eigenvalue weighted by Gasteiger charge is 2.43. The van der Waals surface area contributed by atoms with Gasteiger partial charge in [0.2, 0.25) is 11.8 Å². The first-order chi connectivity index (χ1) is 9.45. The van der Waals surface area contributed by atoms with E-state index in [1.807, 2.05) is 0 Å². The number of carbonyl (C=O) groups excluding carboxylic acids is 5. The van der Waals surface area contributed by atoms with Crippen LogP contribution in [0.15, 0.2) is 11.8 Å². The SMILES string of the molecule is CCCC(=O)ON1C(=O)C=C(N2C(=O)CCC2=O)C1=O. The largest absolute Gasteiger partial charge is 0.333 e. The molecule has 2 aliphatic rings. The maximum atomic E-state index is 11.9. The number of hydrogen-bond acceptors (Lipinski definition) is 6. The molecule has 2 rings (SSSR count). The van der Waals surface area contributed by atoms with Crippen molar-refractivity contribution in [3.8, 4) is 0 Å². The molecule has 2 heterocycles. The topological polar surface area (TPSA) is 101 Å². The maximum Gasteiger partial charge on any atom is 0.333 e. The molecule has 4 amide bonds. The van der Waals surface area contributed by atoms with E-state index in [1.165, 1.54) is 0 Å². The third-order valence-corrected chi connectivity index (χ3v) is 2.80. The molecule has 8 heteroatoms. The van der Waals surface area contributed by atoms with Crippen LogP contribution in [0.2, 0.25) is 0 Å². The highest BCUT2D eigenvalue weighted by atomic mass is 16.7. The lowest BCUT2D eigenvalue weighted by Gasteiger charge is -2.16. The summed E-state index contributed by atoms with van der Waals surface area (Å²) < 4.78 is 0. The zero-order valence-corrected chi connectivity index (χ0v) is 10.7. The Hall–Kier alpha value is -2.51. The maximum absolute atomic E-state index is 11.9. The van der Waals surface area contributed by atoms with Gasteiger partial charge in [0.1, 0.15) is 5.70 Å². The molecular formula is C12H12N2O6. The van der Waals surface area contributed by atoms with Crippen molar-refractivity contribution in [2.24, 2.45) is 0 Å². The monoisotopic (exact) mass is 280 g/mol. The molecule has 0 radical (unpaired) electrons. The summed E-state index contributed by atoms with van der Waals surface area (Å²) in [5.74, 6) is -3.71. The van der Waals surface area contributed by atoms with Gasteiger partial charge in [-0.3, -0.25) is 19.2 Å². The predicted molar refractivity (Wildman–Crippen MR) is 62.0 cm³/mol. The molecule has 0 bridgehead atoms. The highest BCUT2D eigenvalue weighted by molar-refractivity contribution is 6.20. The van der Waals surface area contributed by atoms with Crippen molar-refractivity contribution in [1.29, 1.82) is 0 Å².